The van der Waals surface area contributed by atoms with Crippen molar-refractivity contribution >= 4 is 17.5 Å². The molecule has 0 saturated carbocycles. The Bertz CT molecular complexity index is 482. The lowest BCUT2D eigenvalue weighted by Gasteiger charge is -2.16. The fourth-order valence-corrected chi connectivity index (χ4v) is 1.91. The first-order valence-corrected chi connectivity index (χ1v) is 6.28. The summed E-state index contributed by atoms with van der Waals surface area (Å²) in [5.74, 6) is 0.935. The first-order valence-electron chi connectivity index (χ1n) is 5.75. The van der Waals surface area contributed by atoms with Crippen LogP contribution in [0.25, 0.3) is 0 Å². The molecule has 1 atom stereocenters. The molecular weight excluding hydrogens is 250 g/mol. The normalized spacial score (nSPS) is 12.1. The van der Waals surface area contributed by atoms with Crippen LogP contribution >= 0.6 is 11.6 Å². The molecule has 1 amide bonds. The topological polar surface area (TPSA) is 42.2 Å². The average Bonchev–Trinajstić information content (AvgIpc) is 2.91. The van der Waals surface area contributed by atoms with Gasteiger partial charge < -0.3 is 9.73 Å². The number of rotatable bonds is 5. The van der Waals surface area contributed by atoms with Crippen LogP contribution in [0.3, 0.4) is 0 Å². The van der Waals surface area contributed by atoms with E-state index in [0.717, 1.165) is 5.56 Å². The number of alkyl halides is 1. The number of carbonyl (C=O) groups is 1. The first kappa shape index (κ1) is 12.7. The first-order chi connectivity index (χ1) is 8.81. The molecule has 0 fully saturated rings. The monoisotopic (exact) mass is 263 g/mol. The number of hydrogen-bond donors (Lipinski definition) is 1. The minimum atomic E-state index is -0.267. The van der Waals surface area contributed by atoms with Crippen LogP contribution in [0.15, 0.2) is 53.1 Å². The average molecular weight is 264 g/mol. The quantitative estimate of drug-likeness (QED) is 0.842. The van der Waals surface area contributed by atoms with Crippen LogP contribution in [0.1, 0.15) is 23.8 Å². The SMILES string of the molecule is O=C(CCCl)NC(c1ccccc1)c1ccco1. The van der Waals surface area contributed by atoms with Crippen LogP contribution in [0.4, 0.5) is 0 Å². The molecule has 1 N–H and O–H groups in total. The molecule has 2 aromatic rings. The Morgan fingerprint density at radius 1 is 1.22 bits per heavy atom. The van der Waals surface area contributed by atoms with Gasteiger partial charge in [0.25, 0.3) is 0 Å². The van der Waals surface area contributed by atoms with Gasteiger partial charge in [-0.3, -0.25) is 4.79 Å². The number of halogens is 1. The largest absolute Gasteiger partial charge is 0.467 e. The number of benzene rings is 1. The molecule has 0 aliphatic carbocycles. The molecule has 3 nitrogen and oxygen atoms in total. The van der Waals surface area contributed by atoms with Crippen molar-refractivity contribution in [1.29, 1.82) is 0 Å². The predicted molar refractivity (Wildman–Crippen MR) is 70.5 cm³/mol. The van der Waals surface area contributed by atoms with E-state index in [2.05, 4.69) is 5.32 Å². The van der Waals surface area contributed by atoms with Crippen molar-refractivity contribution in [2.45, 2.75) is 12.5 Å². The summed E-state index contributed by atoms with van der Waals surface area (Å²) in [4.78, 5) is 11.7. The second-order valence-corrected chi connectivity index (χ2v) is 4.24. The maximum Gasteiger partial charge on any atom is 0.222 e. The maximum absolute atomic E-state index is 11.7. The molecule has 0 radical (unpaired) electrons. The van der Waals surface area contributed by atoms with Crippen molar-refractivity contribution in [3.63, 3.8) is 0 Å². The molecular formula is C14H14ClNO2. The van der Waals surface area contributed by atoms with Crippen LogP contribution in [-0.4, -0.2) is 11.8 Å². The Balaban J connectivity index is 2.22. The van der Waals surface area contributed by atoms with Crippen molar-refractivity contribution in [3.8, 4) is 0 Å². The van der Waals surface area contributed by atoms with Crippen LogP contribution in [0, 0.1) is 0 Å². The van der Waals surface area contributed by atoms with E-state index in [9.17, 15) is 4.79 Å². The second-order valence-electron chi connectivity index (χ2n) is 3.87. The number of furan rings is 1. The Hall–Kier alpha value is -1.74. The summed E-state index contributed by atoms with van der Waals surface area (Å²) in [7, 11) is 0. The summed E-state index contributed by atoms with van der Waals surface area (Å²) in [6.07, 6.45) is 1.89. The third-order valence-electron chi connectivity index (χ3n) is 2.59. The molecule has 1 unspecified atom stereocenters. The van der Waals surface area contributed by atoms with Crippen molar-refractivity contribution in [2.24, 2.45) is 0 Å². The molecule has 18 heavy (non-hydrogen) atoms. The van der Waals surface area contributed by atoms with Crippen molar-refractivity contribution in [2.75, 3.05) is 5.88 Å². The van der Waals surface area contributed by atoms with E-state index in [0.29, 0.717) is 18.1 Å². The second kappa shape index (κ2) is 6.26. The van der Waals surface area contributed by atoms with E-state index in [1.807, 2.05) is 36.4 Å². The third-order valence-corrected chi connectivity index (χ3v) is 2.78. The van der Waals surface area contributed by atoms with Gasteiger partial charge in [0, 0.05) is 12.3 Å². The standard InChI is InChI=1S/C14H14ClNO2/c15-9-8-13(17)16-14(12-7-4-10-18-12)11-5-2-1-3-6-11/h1-7,10,14H,8-9H2,(H,16,17). The molecule has 0 aliphatic rings. The maximum atomic E-state index is 11.7. The van der Waals surface area contributed by atoms with Gasteiger partial charge in [-0.2, -0.15) is 0 Å². The summed E-state index contributed by atoms with van der Waals surface area (Å²) in [6.45, 7) is 0. The zero-order valence-electron chi connectivity index (χ0n) is 9.80. The predicted octanol–water partition coefficient (Wildman–Crippen LogP) is 3.11. The van der Waals surface area contributed by atoms with Gasteiger partial charge in [0.1, 0.15) is 11.8 Å². The third kappa shape index (κ3) is 3.14. The van der Waals surface area contributed by atoms with Gasteiger partial charge >= 0.3 is 0 Å². The summed E-state index contributed by atoms with van der Waals surface area (Å²) in [5.41, 5.74) is 0.982. The van der Waals surface area contributed by atoms with E-state index in [4.69, 9.17) is 16.0 Å². The zero-order valence-corrected chi connectivity index (χ0v) is 10.6. The molecule has 1 heterocycles. The lowest BCUT2D eigenvalue weighted by molar-refractivity contribution is -0.121. The van der Waals surface area contributed by atoms with E-state index in [1.165, 1.54) is 0 Å². The zero-order chi connectivity index (χ0) is 12.8. The minimum absolute atomic E-state index is 0.0877. The molecule has 1 aromatic heterocycles. The highest BCUT2D eigenvalue weighted by Crippen LogP contribution is 2.22. The summed E-state index contributed by atoms with van der Waals surface area (Å²) >= 11 is 5.57. The molecule has 4 heteroatoms. The van der Waals surface area contributed by atoms with Crippen LogP contribution in [0.2, 0.25) is 0 Å². The van der Waals surface area contributed by atoms with Gasteiger partial charge in [0.15, 0.2) is 0 Å². The van der Waals surface area contributed by atoms with Crippen LogP contribution in [0.5, 0.6) is 0 Å². The van der Waals surface area contributed by atoms with Crippen LogP contribution in [-0.2, 0) is 4.79 Å². The molecule has 0 saturated heterocycles. The lowest BCUT2D eigenvalue weighted by Crippen LogP contribution is -2.29. The summed E-state index contributed by atoms with van der Waals surface area (Å²) in [6, 6.07) is 13.1. The van der Waals surface area contributed by atoms with E-state index in [1.54, 1.807) is 12.3 Å². The Morgan fingerprint density at radius 2 is 2.00 bits per heavy atom. The number of carbonyl (C=O) groups excluding carboxylic acids is 1. The molecule has 1 aromatic carbocycles. The van der Waals surface area contributed by atoms with Gasteiger partial charge in [-0.05, 0) is 17.7 Å². The highest BCUT2D eigenvalue weighted by molar-refractivity contribution is 6.18. The van der Waals surface area contributed by atoms with E-state index >= 15 is 0 Å². The highest BCUT2D eigenvalue weighted by Gasteiger charge is 2.18. The van der Waals surface area contributed by atoms with Crippen molar-refractivity contribution in [1.82, 2.24) is 5.32 Å². The smallest absolute Gasteiger partial charge is 0.222 e. The van der Waals surface area contributed by atoms with Gasteiger partial charge in [-0.1, -0.05) is 30.3 Å². The Morgan fingerprint density at radius 3 is 2.61 bits per heavy atom. The highest BCUT2D eigenvalue weighted by atomic mass is 35.5. The van der Waals surface area contributed by atoms with Gasteiger partial charge in [-0.25, -0.2) is 0 Å². The molecule has 94 valence electrons. The Labute approximate surface area is 111 Å². The molecule has 0 spiro atoms. The van der Waals surface area contributed by atoms with Crippen LogP contribution < -0.4 is 5.32 Å². The van der Waals surface area contributed by atoms with Crippen molar-refractivity contribution < 1.29 is 9.21 Å². The minimum Gasteiger partial charge on any atom is -0.467 e. The van der Waals surface area contributed by atoms with Gasteiger partial charge in [0.2, 0.25) is 5.91 Å². The van der Waals surface area contributed by atoms with E-state index in [-0.39, 0.29) is 11.9 Å². The summed E-state index contributed by atoms with van der Waals surface area (Å²) in [5, 5.41) is 2.92. The number of amides is 1. The lowest BCUT2D eigenvalue weighted by atomic mass is 10.0. The number of nitrogens with one attached hydrogen (secondary N) is 1. The van der Waals surface area contributed by atoms with Gasteiger partial charge in [0.05, 0.1) is 6.26 Å². The Kier molecular flexibility index (Phi) is 4.42. The fourth-order valence-electron chi connectivity index (χ4n) is 1.74. The molecule has 2 rings (SSSR count). The van der Waals surface area contributed by atoms with Gasteiger partial charge in [-0.15, -0.1) is 11.6 Å². The summed E-state index contributed by atoms with van der Waals surface area (Å²) < 4.78 is 5.38. The fraction of sp³-hybridized carbons (Fsp3) is 0.214. The molecule has 0 aliphatic heterocycles. The molecule has 0 bridgehead atoms. The number of hydrogen-bond acceptors (Lipinski definition) is 2. The van der Waals surface area contributed by atoms with Crippen molar-refractivity contribution in [3.05, 3.63) is 60.1 Å². The van der Waals surface area contributed by atoms with E-state index < -0.39 is 0 Å².